The summed E-state index contributed by atoms with van der Waals surface area (Å²) >= 11 is 0. The van der Waals surface area contributed by atoms with Crippen LogP contribution >= 0.6 is 0 Å². The van der Waals surface area contributed by atoms with Gasteiger partial charge in [0.05, 0.1) is 25.9 Å². The molecule has 1 aliphatic rings. The lowest BCUT2D eigenvalue weighted by atomic mass is 10.0. The lowest BCUT2D eigenvalue weighted by molar-refractivity contribution is -0.115. The summed E-state index contributed by atoms with van der Waals surface area (Å²) in [7, 11) is -4.03. The number of hydrogen-bond donors (Lipinski definition) is 1. The van der Waals surface area contributed by atoms with E-state index in [1.165, 1.54) is 10.4 Å². The van der Waals surface area contributed by atoms with Gasteiger partial charge in [-0.3, -0.25) is 4.79 Å². The standard InChI is InChI=1S/C22H23FN2O5S/c1-14-9-18-16(13-30-20(18)10-15(14)2)11-22(26)24-17-3-4-19(23)21(12-17)31(27,28)25-5-7-29-8-6-25/h3-4,9-10,12-13H,5-8,11H2,1-2H3,(H,24,26). The molecular formula is C22H23FN2O5S. The Balaban J connectivity index is 1.54. The van der Waals surface area contributed by atoms with Crippen LogP contribution in [0.5, 0.6) is 0 Å². The number of amides is 1. The van der Waals surface area contributed by atoms with E-state index in [9.17, 15) is 17.6 Å². The number of rotatable bonds is 5. The smallest absolute Gasteiger partial charge is 0.246 e. The molecule has 7 nitrogen and oxygen atoms in total. The van der Waals surface area contributed by atoms with Gasteiger partial charge in [0.25, 0.3) is 0 Å². The molecule has 1 aliphatic heterocycles. The highest BCUT2D eigenvalue weighted by atomic mass is 32.2. The molecule has 2 aromatic carbocycles. The first-order chi connectivity index (χ1) is 14.8. The van der Waals surface area contributed by atoms with Gasteiger partial charge in [0, 0.05) is 29.7 Å². The van der Waals surface area contributed by atoms with Crippen LogP contribution in [0.15, 0.2) is 45.9 Å². The summed E-state index contributed by atoms with van der Waals surface area (Å²) in [5.74, 6) is -1.22. The Morgan fingerprint density at radius 1 is 1.13 bits per heavy atom. The Morgan fingerprint density at radius 3 is 2.58 bits per heavy atom. The van der Waals surface area contributed by atoms with Crippen LogP contribution in [0.4, 0.5) is 10.1 Å². The number of carbonyl (C=O) groups is 1. The molecule has 0 spiro atoms. The maximum Gasteiger partial charge on any atom is 0.246 e. The number of halogens is 1. The van der Waals surface area contributed by atoms with Gasteiger partial charge in [0.15, 0.2) is 0 Å². The number of fused-ring (bicyclic) bond motifs is 1. The van der Waals surface area contributed by atoms with Crippen molar-refractivity contribution in [2.75, 3.05) is 31.6 Å². The first-order valence-corrected chi connectivity index (χ1v) is 11.3. The topological polar surface area (TPSA) is 88.8 Å². The summed E-state index contributed by atoms with van der Waals surface area (Å²) in [6.07, 6.45) is 1.58. The highest BCUT2D eigenvalue weighted by molar-refractivity contribution is 7.89. The van der Waals surface area contributed by atoms with E-state index in [0.29, 0.717) is 5.58 Å². The third kappa shape index (κ3) is 4.34. The van der Waals surface area contributed by atoms with E-state index in [0.717, 1.165) is 34.2 Å². The van der Waals surface area contributed by atoms with Gasteiger partial charge in [-0.1, -0.05) is 0 Å². The van der Waals surface area contributed by atoms with Crippen LogP contribution in [0.1, 0.15) is 16.7 Å². The SMILES string of the molecule is Cc1cc2occ(CC(=O)Nc3ccc(F)c(S(=O)(=O)N4CCOCC4)c3)c2cc1C. The fourth-order valence-electron chi connectivity index (χ4n) is 3.56. The molecule has 1 fully saturated rings. The van der Waals surface area contributed by atoms with E-state index >= 15 is 0 Å². The van der Waals surface area contributed by atoms with Crippen molar-refractivity contribution in [1.29, 1.82) is 0 Å². The Hall–Kier alpha value is -2.75. The molecule has 0 bridgehead atoms. The maximum atomic E-state index is 14.3. The summed E-state index contributed by atoms with van der Waals surface area (Å²) < 4.78 is 51.9. The summed E-state index contributed by atoms with van der Waals surface area (Å²) in [6, 6.07) is 7.43. The Kier molecular flexibility index (Phi) is 5.83. The number of aryl methyl sites for hydroxylation is 2. The molecule has 0 radical (unpaired) electrons. The molecule has 0 unspecified atom stereocenters. The van der Waals surface area contributed by atoms with Crippen molar-refractivity contribution in [2.45, 2.75) is 25.2 Å². The molecular weight excluding hydrogens is 423 g/mol. The zero-order chi connectivity index (χ0) is 22.2. The fraction of sp³-hybridized carbons (Fsp3) is 0.318. The number of anilines is 1. The molecule has 3 aromatic rings. The molecule has 0 atom stereocenters. The molecule has 31 heavy (non-hydrogen) atoms. The minimum absolute atomic E-state index is 0.0401. The molecule has 2 heterocycles. The molecule has 0 saturated carbocycles. The predicted molar refractivity (Wildman–Crippen MR) is 114 cm³/mol. The monoisotopic (exact) mass is 446 g/mol. The number of sulfonamides is 1. The second-order valence-electron chi connectivity index (χ2n) is 7.58. The van der Waals surface area contributed by atoms with Gasteiger partial charge in [0.1, 0.15) is 16.3 Å². The van der Waals surface area contributed by atoms with Crippen molar-refractivity contribution in [3.8, 4) is 0 Å². The Morgan fingerprint density at radius 2 is 1.84 bits per heavy atom. The highest BCUT2D eigenvalue weighted by Crippen LogP contribution is 2.27. The largest absolute Gasteiger partial charge is 0.464 e. The Bertz CT molecular complexity index is 1250. The second kappa shape index (κ2) is 8.41. The van der Waals surface area contributed by atoms with Crippen molar-refractivity contribution in [2.24, 2.45) is 0 Å². The van der Waals surface area contributed by atoms with Crippen LogP contribution in [0.3, 0.4) is 0 Å². The first-order valence-electron chi connectivity index (χ1n) is 9.90. The number of benzene rings is 2. The summed E-state index contributed by atoms with van der Waals surface area (Å²) in [4.78, 5) is 12.1. The van der Waals surface area contributed by atoms with E-state index in [1.807, 2.05) is 26.0 Å². The number of furan rings is 1. The zero-order valence-electron chi connectivity index (χ0n) is 17.3. The van der Waals surface area contributed by atoms with Crippen LogP contribution in [-0.4, -0.2) is 44.9 Å². The molecule has 1 N–H and O–H groups in total. The Labute approximate surface area is 179 Å². The van der Waals surface area contributed by atoms with Gasteiger partial charge in [-0.15, -0.1) is 0 Å². The maximum absolute atomic E-state index is 14.3. The second-order valence-corrected chi connectivity index (χ2v) is 9.49. The predicted octanol–water partition coefficient (Wildman–Crippen LogP) is 3.39. The molecule has 1 amide bonds. The van der Waals surface area contributed by atoms with Crippen LogP contribution in [0.2, 0.25) is 0 Å². The zero-order valence-corrected chi connectivity index (χ0v) is 18.1. The third-order valence-corrected chi connectivity index (χ3v) is 7.34. The molecule has 9 heteroatoms. The van der Waals surface area contributed by atoms with E-state index in [-0.39, 0.29) is 44.3 Å². The number of carbonyl (C=O) groups excluding carboxylic acids is 1. The van der Waals surface area contributed by atoms with E-state index in [4.69, 9.17) is 9.15 Å². The summed E-state index contributed by atoms with van der Waals surface area (Å²) in [5.41, 5.74) is 3.81. The van der Waals surface area contributed by atoms with E-state index < -0.39 is 20.7 Å². The van der Waals surface area contributed by atoms with Crippen LogP contribution in [0.25, 0.3) is 11.0 Å². The highest BCUT2D eigenvalue weighted by Gasteiger charge is 2.29. The van der Waals surface area contributed by atoms with E-state index in [1.54, 1.807) is 6.26 Å². The first kappa shape index (κ1) is 21.5. The normalized spacial score (nSPS) is 15.3. The minimum atomic E-state index is -4.03. The summed E-state index contributed by atoms with van der Waals surface area (Å²) in [5, 5.41) is 3.51. The number of hydrogen-bond acceptors (Lipinski definition) is 5. The number of nitrogens with one attached hydrogen (secondary N) is 1. The van der Waals surface area contributed by atoms with Crippen molar-refractivity contribution >= 4 is 32.6 Å². The van der Waals surface area contributed by atoms with Crippen molar-refractivity contribution in [3.63, 3.8) is 0 Å². The third-order valence-electron chi connectivity index (χ3n) is 5.42. The van der Waals surface area contributed by atoms with Crippen molar-refractivity contribution < 1.29 is 26.8 Å². The van der Waals surface area contributed by atoms with Gasteiger partial charge in [-0.05, 0) is 55.3 Å². The molecule has 4 rings (SSSR count). The van der Waals surface area contributed by atoms with Gasteiger partial charge >= 0.3 is 0 Å². The van der Waals surface area contributed by atoms with E-state index in [2.05, 4.69) is 5.32 Å². The average molecular weight is 447 g/mol. The molecule has 0 aliphatic carbocycles. The van der Waals surface area contributed by atoms with Crippen LogP contribution < -0.4 is 5.32 Å². The van der Waals surface area contributed by atoms with Crippen molar-refractivity contribution in [3.05, 3.63) is 59.1 Å². The van der Waals surface area contributed by atoms with Gasteiger partial charge < -0.3 is 14.5 Å². The van der Waals surface area contributed by atoms with Gasteiger partial charge in [-0.2, -0.15) is 4.31 Å². The molecule has 1 saturated heterocycles. The number of morpholine rings is 1. The average Bonchev–Trinajstić information content (AvgIpc) is 3.11. The minimum Gasteiger partial charge on any atom is -0.464 e. The molecule has 164 valence electrons. The van der Waals surface area contributed by atoms with Crippen LogP contribution in [-0.2, 0) is 26.0 Å². The lowest BCUT2D eigenvalue weighted by Crippen LogP contribution is -2.40. The molecule has 1 aromatic heterocycles. The van der Waals surface area contributed by atoms with Crippen LogP contribution in [0, 0.1) is 19.7 Å². The van der Waals surface area contributed by atoms with Gasteiger partial charge in [0.2, 0.25) is 15.9 Å². The number of nitrogens with zero attached hydrogens (tertiary/aromatic N) is 1. The van der Waals surface area contributed by atoms with Crippen molar-refractivity contribution in [1.82, 2.24) is 4.31 Å². The lowest BCUT2D eigenvalue weighted by Gasteiger charge is -2.26. The number of ether oxygens (including phenoxy) is 1. The van der Waals surface area contributed by atoms with Gasteiger partial charge in [-0.25, -0.2) is 12.8 Å². The summed E-state index contributed by atoms with van der Waals surface area (Å²) in [6.45, 7) is 4.81. The quantitative estimate of drug-likeness (QED) is 0.649. The fourth-order valence-corrected chi connectivity index (χ4v) is 5.05.